The predicted molar refractivity (Wildman–Crippen MR) is 89.6 cm³/mol. The number of hydrogen-bond acceptors (Lipinski definition) is 4. The lowest BCUT2D eigenvalue weighted by Gasteiger charge is -2.36. The zero-order valence-electron chi connectivity index (χ0n) is 12.1. The van der Waals surface area contributed by atoms with Crippen LogP contribution in [0.1, 0.15) is 38.7 Å². The Morgan fingerprint density at radius 1 is 1.35 bits per heavy atom. The van der Waals surface area contributed by atoms with Crippen molar-refractivity contribution in [3.63, 3.8) is 0 Å². The van der Waals surface area contributed by atoms with Crippen LogP contribution in [0.4, 0.5) is 0 Å². The van der Waals surface area contributed by atoms with E-state index in [1.165, 1.54) is 19.3 Å². The number of methoxy groups -OCH3 is 1. The number of ether oxygens (including phenoxy) is 1. The molecule has 5 heteroatoms. The van der Waals surface area contributed by atoms with E-state index in [-0.39, 0.29) is 5.75 Å². The van der Waals surface area contributed by atoms with E-state index in [1.807, 2.05) is 12.3 Å². The number of phenolic OH excluding ortho intramolecular Hbond substituents is 1. The van der Waals surface area contributed by atoms with Gasteiger partial charge in [0, 0.05) is 12.1 Å². The number of nitrogens with zero attached hydrogens (tertiary/aromatic N) is 2. The number of phenols is 1. The van der Waals surface area contributed by atoms with Crippen LogP contribution >= 0.6 is 22.6 Å². The Hall–Kier alpha value is -0.980. The van der Waals surface area contributed by atoms with Crippen molar-refractivity contribution >= 4 is 28.8 Å². The fraction of sp³-hybridized carbons (Fsp3) is 0.533. The average molecular weight is 388 g/mol. The fourth-order valence-corrected chi connectivity index (χ4v) is 3.22. The summed E-state index contributed by atoms with van der Waals surface area (Å²) in [5.74, 6) is 0.669. The Labute approximate surface area is 134 Å². The molecule has 1 heterocycles. The van der Waals surface area contributed by atoms with Gasteiger partial charge in [-0.25, -0.2) is 0 Å². The van der Waals surface area contributed by atoms with Crippen molar-refractivity contribution in [3.8, 4) is 11.5 Å². The van der Waals surface area contributed by atoms with Crippen molar-refractivity contribution in [2.75, 3.05) is 7.11 Å². The van der Waals surface area contributed by atoms with Crippen molar-refractivity contribution in [1.29, 1.82) is 0 Å². The molecule has 2 atom stereocenters. The van der Waals surface area contributed by atoms with E-state index in [2.05, 4.69) is 46.5 Å². The van der Waals surface area contributed by atoms with Crippen LogP contribution in [0.25, 0.3) is 0 Å². The lowest BCUT2D eigenvalue weighted by atomic mass is 10.00. The summed E-state index contributed by atoms with van der Waals surface area (Å²) in [6, 6.07) is 4.67. The Morgan fingerprint density at radius 3 is 2.60 bits per heavy atom. The minimum absolute atomic E-state index is 0.185. The van der Waals surface area contributed by atoms with E-state index in [0.717, 1.165) is 9.13 Å². The van der Waals surface area contributed by atoms with Crippen molar-refractivity contribution < 1.29 is 9.84 Å². The highest BCUT2D eigenvalue weighted by molar-refractivity contribution is 14.1. The van der Waals surface area contributed by atoms with E-state index >= 15 is 0 Å². The SMILES string of the molecule is COc1cc(/C=N/N2[C@H](C)CCC[C@@H]2C)cc(I)c1O. The minimum atomic E-state index is 0.185. The molecule has 0 unspecified atom stereocenters. The third-order valence-electron chi connectivity index (χ3n) is 3.76. The van der Waals surface area contributed by atoms with Crippen molar-refractivity contribution in [2.24, 2.45) is 5.10 Å². The summed E-state index contributed by atoms with van der Waals surface area (Å²) in [4.78, 5) is 0. The summed E-state index contributed by atoms with van der Waals surface area (Å²) < 4.78 is 5.94. The maximum Gasteiger partial charge on any atom is 0.171 e. The molecule has 0 spiro atoms. The second-order valence-corrected chi connectivity index (χ2v) is 6.47. The molecule has 20 heavy (non-hydrogen) atoms. The summed E-state index contributed by atoms with van der Waals surface area (Å²) in [6.45, 7) is 4.43. The standard InChI is InChI=1S/C15H21IN2O2/c1-10-5-4-6-11(2)18(10)17-9-12-7-13(16)15(19)14(8-12)20-3/h7-11,19H,4-6H2,1-3H3/b17-9+/t10-,11+. The van der Waals surface area contributed by atoms with Crippen LogP contribution < -0.4 is 4.74 Å². The first-order chi connectivity index (χ1) is 9.52. The molecule has 2 rings (SSSR count). The van der Waals surface area contributed by atoms with Gasteiger partial charge in [0.1, 0.15) is 0 Å². The Kier molecular flexibility index (Phi) is 5.12. The molecule has 1 fully saturated rings. The summed E-state index contributed by atoms with van der Waals surface area (Å²) in [5.41, 5.74) is 0.939. The first-order valence-electron chi connectivity index (χ1n) is 6.91. The van der Waals surface area contributed by atoms with E-state index in [9.17, 15) is 5.11 Å². The Morgan fingerprint density at radius 2 is 2.00 bits per heavy atom. The molecular weight excluding hydrogens is 367 g/mol. The van der Waals surface area contributed by atoms with Gasteiger partial charge < -0.3 is 9.84 Å². The van der Waals surface area contributed by atoms with Crippen LogP contribution in [0, 0.1) is 3.57 Å². The number of aromatic hydroxyl groups is 1. The molecule has 0 bridgehead atoms. The lowest BCUT2D eigenvalue weighted by Crippen LogP contribution is -2.39. The molecule has 1 saturated heterocycles. The molecule has 0 saturated carbocycles. The number of hydrazone groups is 1. The normalized spacial score (nSPS) is 23.3. The van der Waals surface area contributed by atoms with E-state index < -0.39 is 0 Å². The number of halogens is 1. The van der Waals surface area contributed by atoms with E-state index in [0.29, 0.717) is 17.8 Å². The maximum atomic E-state index is 9.84. The van der Waals surface area contributed by atoms with Crippen LogP contribution in [0.15, 0.2) is 17.2 Å². The van der Waals surface area contributed by atoms with Crippen molar-refractivity contribution in [3.05, 3.63) is 21.3 Å². The summed E-state index contributed by atoms with van der Waals surface area (Å²) >= 11 is 2.10. The van der Waals surface area contributed by atoms with Gasteiger partial charge >= 0.3 is 0 Å². The van der Waals surface area contributed by atoms with Gasteiger partial charge in [0.15, 0.2) is 11.5 Å². The number of piperidine rings is 1. The molecule has 1 aliphatic rings. The zero-order valence-corrected chi connectivity index (χ0v) is 14.3. The Bertz CT molecular complexity index is 495. The van der Waals surface area contributed by atoms with Gasteiger partial charge in [-0.3, -0.25) is 5.01 Å². The number of benzene rings is 1. The highest BCUT2D eigenvalue weighted by Gasteiger charge is 2.22. The summed E-state index contributed by atoms with van der Waals surface area (Å²) in [6.07, 6.45) is 5.51. The van der Waals surface area contributed by atoms with E-state index in [4.69, 9.17) is 4.74 Å². The molecule has 0 aliphatic carbocycles. The van der Waals surface area contributed by atoms with Crippen LogP contribution in [-0.4, -0.2) is 35.5 Å². The molecule has 1 aromatic rings. The van der Waals surface area contributed by atoms with Crippen LogP contribution in [-0.2, 0) is 0 Å². The van der Waals surface area contributed by atoms with Crippen LogP contribution in [0.3, 0.4) is 0 Å². The lowest BCUT2D eigenvalue weighted by molar-refractivity contribution is 0.109. The topological polar surface area (TPSA) is 45.1 Å². The predicted octanol–water partition coefficient (Wildman–Crippen LogP) is 3.60. The monoisotopic (exact) mass is 388 g/mol. The van der Waals surface area contributed by atoms with Gasteiger partial charge in [0.05, 0.1) is 16.9 Å². The summed E-state index contributed by atoms with van der Waals surface area (Å²) in [7, 11) is 1.56. The fourth-order valence-electron chi connectivity index (χ4n) is 2.59. The van der Waals surface area contributed by atoms with Gasteiger partial charge in [-0.15, -0.1) is 0 Å². The molecule has 0 aromatic heterocycles. The molecule has 110 valence electrons. The second kappa shape index (κ2) is 6.65. The quantitative estimate of drug-likeness (QED) is 0.636. The third kappa shape index (κ3) is 3.37. The first-order valence-corrected chi connectivity index (χ1v) is 7.99. The zero-order chi connectivity index (χ0) is 14.7. The highest BCUT2D eigenvalue weighted by atomic mass is 127. The summed E-state index contributed by atoms with van der Waals surface area (Å²) in [5, 5.41) is 16.6. The number of hydrogen-bond donors (Lipinski definition) is 1. The number of rotatable bonds is 3. The minimum Gasteiger partial charge on any atom is -0.504 e. The highest BCUT2D eigenvalue weighted by Crippen LogP contribution is 2.32. The van der Waals surface area contributed by atoms with Crippen LogP contribution in [0.5, 0.6) is 11.5 Å². The van der Waals surface area contributed by atoms with Gasteiger partial charge in [0.25, 0.3) is 0 Å². The van der Waals surface area contributed by atoms with Crippen molar-refractivity contribution in [1.82, 2.24) is 5.01 Å². The van der Waals surface area contributed by atoms with Crippen LogP contribution in [0.2, 0.25) is 0 Å². The molecule has 1 aromatic carbocycles. The van der Waals surface area contributed by atoms with Crippen molar-refractivity contribution in [2.45, 2.75) is 45.2 Å². The molecule has 0 amide bonds. The maximum absolute atomic E-state index is 9.84. The largest absolute Gasteiger partial charge is 0.504 e. The molecule has 1 N–H and O–H groups in total. The van der Waals surface area contributed by atoms with Gasteiger partial charge in [0.2, 0.25) is 0 Å². The van der Waals surface area contributed by atoms with E-state index in [1.54, 1.807) is 13.2 Å². The molecule has 1 aliphatic heterocycles. The molecular formula is C15H21IN2O2. The Balaban J connectivity index is 2.20. The average Bonchev–Trinajstić information content (AvgIpc) is 2.42. The van der Waals surface area contributed by atoms with Gasteiger partial charge in [-0.1, -0.05) is 0 Å². The van der Waals surface area contributed by atoms with Gasteiger partial charge in [-0.2, -0.15) is 5.10 Å². The molecule has 4 nitrogen and oxygen atoms in total. The third-order valence-corrected chi connectivity index (χ3v) is 4.58. The first kappa shape index (κ1) is 15.4. The molecule has 0 radical (unpaired) electrons. The smallest absolute Gasteiger partial charge is 0.171 e. The second-order valence-electron chi connectivity index (χ2n) is 5.31. The van der Waals surface area contributed by atoms with Gasteiger partial charge in [-0.05, 0) is 73.4 Å².